The first-order valence-corrected chi connectivity index (χ1v) is 15.5. The molecule has 0 radical (unpaired) electrons. The van der Waals surface area contributed by atoms with Crippen LogP contribution in [0.5, 0.6) is 0 Å². The Balaban J connectivity index is 1.57. The van der Waals surface area contributed by atoms with Gasteiger partial charge in [-0.05, 0) is 68.4 Å². The van der Waals surface area contributed by atoms with Gasteiger partial charge in [-0.1, -0.05) is 13.8 Å². The molecule has 10 nitrogen and oxygen atoms in total. The highest BCUT2D eigenvalue weighted by atomic mass is 32.2. The van der Waals surface area contributed by atoms with Gasteiger partial charge < -0.3 is 10.6 Å². The van der Waals surface area contributed by atoms with Crippen LogP contribution in [-0.4, -0.2) is 68.2 Å². The lowest BCUT2D eigenvalue weighted by molar-refractivity contribution is 0.0963. The predicted molar refractivity (Wildman–Crippen MR) is 152 cm³/mol. The fourth-order valence-electron chi connectivity index (χ4n) is 5.33. The molecule has 2 aromatic rings. The summed E-state index contributed by atoms with van der Waals surface area (Å²) >= 11 is 1.33. The molecule has 2 atom stereocenters. The molecule has 4 amide bonds. The third-order valence-corrected chi connectivity index (χ3v) is 10.3. The quantitative estimate of drug-likeness (QED) is 0.484. The third-order valence-electron chi connectivity index (χ3n) is 7.31. The largest absolute Gasteiger partial charge is 0.341 e. The predicted octanol–water partition coefficient (Wildman–Crippen LogP) is 3.50. The van der Waals surface area contributed by atoms with Crippen molar-refractivity contribution in [1.82, 2.24) is 19.8 Å². The Hall–Kier alpha value is -2.80. The lowest BCUT2D eigenvalue weighted by Crippen LogP contribution is -2.42. The normalized spacial score (nSPS) is 20.4. The number of amides is 4. The van der Waals surface area contributed by atoms with Gasteiger partial charge in [-0.25, -0.2) is 13.2 Å². The lowest BCUT2D eigenvalue weighted by Gasteiger charge is -2.34. The Labute approximate surface area is 234 Å². The molecule has 0 spiro atoms. The summed E-state index contributed by atoms with van der Waals surface area (Å²) in [5, 5.41) is 7.90. The van der Waals surface area contributed by atoms with Crippen LogP contribution in [0.4, 0.5) is 9.80 Å². The molecular formula is C27H37N5O5S2. The van der Waals surface area contributed by atoms with Gasteiger partial charge in [0.15, 0.2) is 0 Å². The van der Waals surface area contributed by atoms with E-state index >= 15 is 0 Å². The van der Waals surface area contributed by atoms with E-state index in [1.807, 2.05) is 0 Å². The number of piperidine rings is 1. The summed E-state index contributed by atoms with van der Waals surface area (Å²) in [7, 11) is -2.25. The summed E-state index contributed by atoms with van der Waals surface area (Å²) in [6.07, 6.45) is 1.62. The number of imide groups is 1. The minimum atomic E-state index is -3.67. The molecule has 0 saturated carbocycles. The molecule has 1 aromatic heterocycles. The fraction of sp³-hybridized carbons (Fsp3) is 0.519. The van der Waals surface area contributed by atoms with E-state index in [-0.39, 0.29) is 22.3 Å². The molecule has 0 aliphatic carbocycles. The molecule has 12 heteroatoms. The Kier molecular flexibility index (Phi) is 8.79. The molecule has 3 heterocycles. The number of rotatable bonds is 6. The molecule has 1 fully saturated rings. The summed E-state index contributed by atoms with van der Waals surface area (Å²) in [6, 6.07) is 5.56. The number of hydrogen-bond donors (Lipinski definition) is 3. The molecule has 212 valence electrons. The summed E-state index contributed by atoms with van der Waals surface area (Å²) in [4.78, 5) is 41.5. The van der Waals surface area contributed by atoms with Gasteiger partial charge in [-0.3, -0.25) is 19.8 Å². The molecule has 4 rings (SSSR count). The monoisotopic (exact) mass is 575 g/mol. The van der Waals surface area contributed by atoms with E-state index in [0.717, 1.165) is 23.4 Å². The van der Waals surface area contributed by atoms with Crippen molar-refractivity contribution >= 4 is 44.2 Å². The Bertz CT molecular complexity index is 1340. The standard InChI is InChI=1S/C27H37N5O5S2/c1-16(2)31-11-10-21-22(15-31)38-26(23(21)25(34)30-27(35)28-5)29-24(33)19-6-8-20(9-7-19)39(36,37)32-13-17(3)12-18(4)14-32/h6-9,16-18H,10-15H2,1-5H3,(H,29,33)(H2,28,30,34,35). The van der Waals surface area contributed by atoms with Gasteiger partial charge in [-0.2, -0.15) is 4.31 Å². The highest BCUT2D eigenvalue weighted by Crippen LogP contribution is 2.38. The highest BCUT2D eigenvalue weighted by Gasteiger charge is 2.33. The zero-order valence-corrected chi connectivity index (χ0v) is 24.7. The maximum absolute atomic E-state index is 13.2. The number of sulfonamides is 1. The van der Waals surface area contributed by atoms with Gasteiger partial charge in [0.1, 0.15) is 5.00 Å². The van der Waals surface area contributed by atoms with Crippen molar-refractivity contribution < 1.29 is 22.8 Å². The van der Waals surface area contributed by atoms with Crippen molar-refractivity contribution in [3.8, 4) is 0 Å². The van der Waals surface area contributed by atoms with E-state index in [9.17, 15) is 22.8 Å². The van der Waals surface area contributed by atoms with Gasteiger partial charge in [0.05, 0.1) is 10.5 Å². The van der Waals surface area contributed by atoms with Crippen molar-refractivity contribution in [2.45, 2.75) is 58.0 Å². The van der Waals surface area contributed by atoms with Crippen LogP contribution in [0.1, 0.15) is 65.3 Å². The Morgan fingerprint density at radius 1 is 1.03 bits per heavy atom. The van der Waals surface area contributed by atoms with Gasteiger partial charge in [0.2, 0.25) is 10.0 Å². The van der Waals surface area contributed by atoms with Gasteiger partial charge in [0, 0.05) is 49.7 Å². The third kappa shape index (κ3) is 6.34. The molecule has 39 heavy (non-hydrogen) atoms. The molecule has 3 N–H and O–H groups in total. The number of thiophene rings is 1. The van der Waals surface area contributed by atoms with Gasteiger partial charge in [0.25, 0.3) is 11.8 Å². The number of nitrogens with zero attached hydrogens (tertiary/aromatic N) is 2. The molecular weight excluding hydrogens is 538 g/mol. The number of urea groups is 1. The summed E-state index contributed by atoms with van der Waals surface area (Å²) in [5.74, 6) is -0.473. The van der Waals surface area contributed by atoms with Crippen LogP contribution in [0.3, 0.4) is 0 Å². The van der Waals surface area contributed by atoms with Gasteiger partial charge in [-0.15, -0.1) is 11.3 Å². The highest BCUT2D eigenvalue weighted by molar-refractivity contribution is 7.89. The maximum Gasteiger partial charge on any atom is 0.321 e. The van der Waals surface area contributed by atoms with E-state index in [2.05, 4.69) is 48.5 Å². The van der Waals surface area contributed by atoms with Crippen LogP contribution in [0.2, 0.25) is 0 Å². The average molecular weight is 576 g/mol. The Morgan fingerprint density at radius 2 is 1.67 bits per heavy atom. The van der Waals surface area contributed by atoms with E-state index in [0.29, 0.717) is 42.7 Å². The maximum atomic E-state index is 13.2. The molecule has 0 bridgehead atoms. The van der Waals surface area contributed by atoms with Crippen molar-refractivity contribution in [1.29, 1.82) is 0 Å². The lowest BCUT2D eigenvalue weighted by atomic mass is 9.94. The number of carbonyl (C=O) groups is 3. The zero-order valence-electron chi connectivity index (χ0n) is 23.0. The van der Waals surface area contributed by atoms with Crippen molar-refractivity contribution in [3.63, 3.8) is 0 Å². The SMILES string of the molecule is CNC(=O)NC(=O)c1c(NC(=O)c2ccc(S(=O)(=O)N3CC(C)CC(C)C3)cc2)sc2c1CCN(C(C)C)C2. The number of benzene rings is 1. The molecule has 2 unspecified atom stereocenters. The van der Waals surface area contributed by atoms with Crippen molar-refractivity contribution in [2.75, 3.05) is 32.0 Å². The minimum Gasteiger partial charge on any atom is -0.341 e. The Morgan fingerprint density at radius 3 is 2.26 bits per heavy atom. The van der Waals surface area contributed by atoms with Crippen molar-refractivity contribution in [3.05, 3.63) is 45.8 Å². The number of anilines is 1. The first-order valence-electron chi connectivity index (χ1n) is 13.2. The number of nitrogens with one attached hydrogen (secondary N) is 3. The van der Waals surface area contributed by atoms with E-state index in [4.69, 9.17) is 0 Å². The first kappa shape index (κ1) is 29.2. The van der Waals surface area contributed by atoms with Crippen LogP contribution < -0.4 is 16.0 Å². The molecule has 2 aliphatic rings. The summed E-state index contributed by atoms with van der Waals surface area (Å²) in [5.41, 5.74) is 1.39. The van der Waals surface area contributed by atoms with Crippen LogP contribution >= 0.6 is 11.3 Å². The summed E-state index contributed by atoms with van der Waals surface area (Å²) in [6.45, 7) is 10.7. The van der Waals surface area contributed by atoms with Crippen LogP contribution in [-0.2, 0) is 23.0 Å². The number of carbonyl (C=O) groups excluding carboxylic acids is 3. The van der Waals surface area contributed by atoms with Crippen LogP contribution in [0, 0.1) is 11.8 Å². The van der Waals surface area contributed by atoms with E-state index in [1.165, 1.54) is 47.0 Å². The zero-order chi connectivity index (χ0) is 28.5. The van der Waals surface area contributed by atoms with Crippen LogP contribution in [0.25, 0.3) is 0 Å². The van der Waals surface area contributed by atoms with E-state index < -0.39 is 27.9 Å². The molecule has 1 saturated heterocycles. The summed E-state index contributed by atoms with van der Waals surface area (Å²) < 4.78 is 28.0. The minimum absolute atomic E-state index is 0.145. The second-order valence-corrected chi connectivity index (χ2v) is 13.8. The first-order chi connectivity index (χ1) is 18.4. The number of fused-ring (bicyclic) bond motifs is 1. The van der Waals surface area contributed by atoms with E-state index in [1.54, 1.807) is 0 Å². The topological polar surface area (TPSA) is 128 Å². The molecule has 2 aliphatic heterocycles. The second-order valence-electron chi connectivity index (χ2n) is 10.8. The average Bonchev–Trinajstić information content (AvgIpc) is 3.25. The van der Waals surface area contributed by atoms with Gasteiger partial charge >= 0.3 is 6.03 Å². The fourth-order valence-corrected chi connectivity index (χ4v) is 8.27. The molecule has 1 aromatic carbocycles. The number of hydrogen-bond acceptors (Lipinski definition) is 7. The van der Waals surface area contributed by atoms with Crippen molar-refractivity contribution in [2.24, 2.45) is 11.8 Å². The smallest absolute Gasteiger partial charge is 0.321 e. The van der Waals surface area contributed by atoms with Crippen LogP contribution in [0.15, 0.2) is 29.2 Å². The second kappa shape index (κ2) is 11.7.